The van der Waals surface area contributed by atoms with Crippen molar-refractivity contribution in [1.82, 2.24) is 4.13 Å². The van der Waals surface area contributed by atoms with Crippen molar-refractivity contribution >= 4 is 21.2 Å². The Hall–Kier alpha value is -0.320. The summed E-state index contributed by atoms with van der Waals surface area (Å²) in [5.41, 5.74) is 2.34. The molecule has 0 bridgehead atoms. The topological polar surface area (TPSA) is 29.1 Å². The number of nitrogens with one attached hydrogen (secondary N) is 1. The van der Waals surface area contributed by atoms with Gasteiger partial charge in [0.25, 0.3) is 0 Å². The van der Waals surface area contributed by atoms with Crippen LogP contribution in [0, 0.1) is 6.92 Å². The zero-order valence-electron chi connectivity index (χ0n) is 14.0. The summed E-state index contributed by atoms with van der Waals surface area (Å²) in [6.07, 6.45) is 4.38. The zero-order valence-corrected chi connectivity index (χ0v) is 15.7. The molecule has 0 aliphatic carbocycles. The second kappa shape index (κ2) is 5.82. The van der Waals surface area contributed by atoms with E-state index in [2.05, 4.69) is 68.6 Å². The highest BCUT2D eigenvalue weighted by Crippen LogP contribution is 2.50. The van der Waals surface area contributed by atoms with E-state index >= 15 is 0 Å². The van der Waals surface area contributed by atoms with E-state index in [0.29, 0.717) is 0 Å². The van der Waals surface area contributed by atoms with Crippen LogP contribution in [0.5, 0.6) is 0 Å². The fraction of sp³-hybridized carbons (Fsp3) is 0.625. The molecule has 0 saturated carbocycles. The lowest BCUT2D eigenvalue weighted by Gasteiger charge is -2.46. The van der Waals surface area contributed by atoms with Crippen molar-refractivity contribution in [3.05, 3.63) is 35.4 Å². The largest absolute Gasteiger partial charge is 0.241 e. The molecule has 1 aromatic carbocycles. The van der Waals surface area contributed by atoms with E-state index in [1.165, 1.54) is 5.56 Å². The lowest BCUT2D eigenvalue weighted by atomic mass is 10.0. The van der Waals surface area contributed by atoms with Crippen molar-refractivity contribution < 1.29 is 4.21 Å². The SMILES string of the molecule is Cc1ccc(C(C)(C)[S@](=O)NS(C)(C)C(C)(C)C)cc1. The molecule has 1 aromatic rings. The van der Waals surface area contributed by atoms with Gasteiger partial charge in [0.05, 0.1) is 4.75 Å². The Bertz CT molecular complexity index is 484. The fourth-order valence-corrected chi connectivity index (χ4v) is 5.18. The Morgan fingerprint density at radius 2 is 1.45 bits per heavy atom. The van der Waals surface area contributed by atoms with Gasteiger partial charge < -0.3 is 0 Å². The first-order valence-electron chi connectivity index (χ1n) is 6.87. The van der Waals surface area contributed by atoms with Crippen molar-refractivity contribution in [3.63, 3.8) is 0 Å². The summed E-state index contributed by atoms with van der Waals surface area (Å²) in [5.74, 6) is 0. The summed E-state index contributed by atoms with van der Waals surface area (Å²) in [6, 6.07) is 8.31. The molecule has 0 radical (unpaired) electrons. The molecule has 0 aliphatic rings. The Morgan fingerprint density at radius 1 is 1.00 bits per heavy atom. The predicted octanol–water partition coefficient (Wildman–Crippen LogP) is 4.26. The summed E-state index contributed by atoms with van der Waals surface area (Å²) >= 11 is 0. The van der Waals surface area contributed by atoms with Gasteiger partial charge in [0, 0.05) is 4.75 Å². The molecule has 0 aromatic heterocycles. The quantitative estimate of drug-likeness (QED) is 0.883. The molecule has 0 spiro atoms. The third-order valence-corrected chi connectivity index (χ3v) is 10.5. The lowest BCUT2D eigenvalue weighted by Crippen LogP contribution is -2.41. The van der Waals surface area contributed by atoms with Crippen LogP contribution < -0.4 is 4.13 Å². The van der Waals surface area contributed by atoms with Crippen LogP contribution in [0.2, 0.25) is 0 Å². The summed E-state index contributed by atoms with van der Waals surface area (Å²) in [5, 5.41) is 0. The normalized spacial score (nSPS) is 16.0. The maximum absolute atomic E-state index is 12.8. The molecule has 0 aliphatic heterocycles. The number of aryl methyl sites for hydroxylation is 1. The highest BCUT2D eigenvalue weighted by atomic mass is 32.3. The van der Waals surface area contributed by atoms with E-state index in [9.17, 15) is 4.21 Å². The van der Waals surface area contributed by atoms with E-state index < -0.39 is 25.9 Å². The summed E-state index contributed by atoms with van der Waals surface area (Å²) in [6.45, 7) is 12.7. The Morgan fingerprint density at radius 3 is 1.85 bits per heavy atom. The first-order chi connectivity index (χ1) is 8.88. The minimum Gasteiger partial charge on any atom is -0.241 e. The van der Waals surface area contributed by atoms with Crippen molar-refractivity contribution in [2.75, 3.05) is 12.5 Å². The first kappa shape index (κ1) is 17.7. The monoisotopic (exact) mass is 315 g/mol. The minimum atomic E-state index is -1.15. The van der Waals surface area contributed by atoms with Crippen molar-refractivity contribution in [3.8, 4) is 0 Å². The van der Waals surface area contributed by atoms with Gasteiger partial charge in [-0.1, -0.05) is 50.6 Å². The smallest absolute Gasteiger partial charge is 0.110 e. The maximum atomic E-state index is 12.8. The molecule has 0 saturated heterocycles. The van der Waals surface area contributed by atoms with E-state index in [1.807, 2.05) is 13.8 Å². The average Bonchev–Trinajstić information content (AvgIpc) is 2.27. The summed E-state index contributed by atoms with van der Waals surface area (Å²) < 4.78 is 16.0. The second-order valence-corrected chi connectivity index (χ2v) is 13.3. The van der Waals surface area contributed by atoms with Crippen LogP contribution in [0.25, 0.3) is 0 Å². The minimum absolute atomic E-state index is 0.117. The molecule has 1 atom stereocenters. The van der Waals surface area contributed by atoms with Crippen LogP contribution in [0.15, 0.2) is 24.3 Å². The van der Waals surface area contributed by atoms with Gasteiger partial charge in [0.1, 0.15) is 11.0 Å². The zero-order chi connectivity index (χ0) is 15.8. The number of rotatable bonds is 4. The number of hydrogen-bond acceptors (Lipinski definition) is 1. The van der Waals surface area contributed by atoms with Gasteiger partial charge in [-0.2, -0.15) is 14.3 Å². The molecule has 0 fully saturated rings. The standard InChI is InChI=1S/C16H29NOS2/c1-13-9-11-14(12-10-13)16(5,6)19(18)17-20(7,8)15(2,3)4/h9-12,17H,1-8H3/t19-/m0/s1. The van der Waals surface area contributed by atoms with Gasteiger partial charge in [-0.25, -0.2) is 4.21 Å². The van der Waals surface area contributed by atoms with E-state index in [0.717, 1.165) is 5.56 Å². The second-order valence-electron chi connectivity index (χ2n) is 7.17. The predicted molar refractivity (Wildman–Crippen MR) is 94.7 cm³/mol. The molecule has 0 amide bonds. The van der Waals surface area contributed by atoms with Gasteiger partial charge in [0.15, 0.2) is 0 Å². The van der Waals surface area contributed by atoms with Crippen LogP contribution in [-0.2, 0) is 15.7 Å². The molecule has 0 unspecified atom stereocenters. The van der Waals surface area contributed by atoms with E-state index in [-0.39, 0.29) is 4.75 Å². The van der Waals surface area contributed by atoms with Crippen molar-refractivity contribution in [2.24, 2.45) is 0 Å². The number of benzene rings is 1. The van der Waals surface area contributed by atoms with Crippen molar-refractivity contribution in [1.29, 1.82) is 0 Å². The van der Waals surface area contributed by atoms with E-state index in [1.54, 1.807) is 0 Å². The molecule has 1 rings (SSSR count). The third-order valence-electron chi connectivity index (χ3n) is 4.03. The third kappa shape index (κ3) is 3.86. The Kier molecular flexibility index (Phi) is 5.16. The highest BCUT2D eigenvalue weighted by molar-refractivity contribution is 8.35. The van der Waals surface area contributed by atoms with Crippen LogP contribution in [0.3, 0.4) is 0 Å². The molecule has 20 heavy (non-hydrogen) atoms. The van der Waals surface area contributed by atoms with Gasteiger partial charge >= 0.3 is 0 Å². The van der Waals surface area contributed by atoms with Gasteiger partial charge in [-0.15, -0.1) is 0 Å². The Balaban J connectivity index is 2.99. The van der Waals surface area contributed by atoms with Crippen LogP contribution >= 0.6 is 10.2 Å². The fourth-order valence-electron chi connectivity index (χ4n) is 1.48. The van der Waals surface area contributed by atoms with Gasteiger partial charge in [-0.05, 0) is 38.8 Å². The van der Waals surface area contributed by atoms with Crippen LogP contribution in [0.1, 0.15) is 45.7 Å². The summed E-state index contributed by atoms with van der Waals surface area (Å²) in [4.78, 5) is 0. The molecule has 116 valence electrons. The van der Waals surface area contributed by atoms with Gasteiger partial charge in [0.2, 0.25) is 0 Å². The molecule has 4 heteroatoms. The molecule has 1 N–H and O–H groups in total. The van der Waals surface area contributed by atoms with E-state index in [4.69, 9.17) is 0 Å². The molecule has 0 heterocycles. The maximum Gasteiger partial charge on any atom is 0.110 e. The van der Waals surface area contributed by atoms with Crippen LogP contribution in [-0.4, -0.2) is 21.5 Å². The number of hydrogen-bond donors (Lipinski definition) is 1. The summed E-state index contributed by atoms with van der Waals surface area (Å²) in [7, 11) is -2.26. The average molecular weight is 316 g/mol. The Labute approximate surface area is 128 Å². The molecular formula is C16H29NOS2. The van der Waals surface area contributed by atoms with Crippen molar-refractivity contribution in [2.45, 2.75) is 51.0 Å². The molecule has 2 nitrogen and oxygen atoms in total. The first-order valence-corrected chi connectivity index (χ1v) is 10.5. The highest BCUT2D eigenvalue weighted by Gasteiger charge is 2.35. The molecular weight excluding hydrogens is 286 g/mol. The van der Waals surface area contributed by atoms with Gasteiger partial charge in [-0.3, -0.25) is 0 Å². The van der Waals surface area contributed by atoms with Crippen LogP contribution in [0.4, 0.5) is 0 Å². The lowest BCUT2D eigenvalue weighted by molar-refractivity contribution is 0.640.